The van der Waals surface area contributed by atoms with Gasteiger partial charge in [0.1, 0.15) is 12.5 Å². The Kier molecular flexibility index (Phi) is 5.82. The van der Waals surface area contributed by atoms with Gasteiger partial charge in [-0.05, 0) is 6.42 Å². The summed E-state index contributed by atoms with van der Waals surface area (Å²) >= 11 is 0. The Morgan fingerprint density at radius 3 is 2.62 bits per heavy atom. The van der Waals surface area contributed by atoms with Crippen molar-refractivity contribution in [2.75, 3.05) is 13.7 Å². The van der Waals surface area contributed by atoms with Gasteiger partial charge in [-0.2, -0.15) is 0 Å². The van der Waals surface area contributed by atoms with E-state index in [-0.39, 0.29) is 0 Å². The average molecular weight is 116 g/mol. The molecule has 0 atom stereocenters. The van der Waals surface area contributed by atoms with Crippen molar-refractivity contribution in [1.29, 1.82) is 0 Å². The minimum absolute atomic E-state index is 0.764. The van der Waals surface area contributed by atoms with Gasteiger partial charge in [-0.1, -0.05) is 6.92 Å². The maximum atomic E-state index is 4.92. The van der Waals surface area contributed by atoms with Crippen molar-refractivity contribution < 1.29 is 9.47 Å². The molecule has 0 spiro atoms. The van der Waals surface area contributed by atoms with Gasteiger partial charge in [-0.15, -0.1) is 0 Å². The summed E-state index contributed by atoms with van der Waals surface area (Å²) in [5.41, 5.74) is 0. The van der Waals surface area contributed by atoms with Gasteiger partial charge in [0.15, 0.2) is 0 Å². The summed E-state index contributed by atoms with van der Waals surface area (Å²) in [6.45, 7) is 2.82. The van der Waals surface area contributed by atoms with Crippen molar-refractivity contribution in [2.45, 2.75) is 13.3 Å². The van der Waals surface area contributed by atoms with E-state index < -0.39 is 0 Å². The van der Waals surface area contributed by atoms with Crippen LogP contribution in [0.3, 0.4) is 0 Å². The lowest BCUT2D eigenvalue weighted by molar-refractivity contribution is 0.228. The van der Waals surface area contributed by atoms with E-state index in [1.165, 1.54) is 6.26 Å². The number of ether oxygens (including phenoxy) is 2. The highest BCUT2D eigenvalue weighted by Gasteiger charge is 1.72. The quantitative estimate of drug-likeness (QED) is 0.409. The second-order valence-electron chi connectivity index (χ2n) is 1.38. The topological polar surface area (TPSA) is 18.5 Å². The maximum absolute atomic E-state index is 4.92. The molecule has 0 aliphatic rings. The lowest BCUT2D eigenvalue weighted by Crippen LogP contribution is -1.81. The zero-order valence-electron chi connectivity index (χ0n) is 5.39. The number of rotatable bonds is 4. The number of hydrogen-bond acceptors (Lipinski definition) is 2. The normalized spacial score (nSPS) is 9.75. The predicted molar refractivity (Wildman–Crippen MR) is 32.4 cm³/mol. The summed E-state index contributed by atoms with van der Waals surface area (Å²) < 4.78 is 9.50. The van der Waals surface area contributed by atoms with Crippen LogP contribution in [-0.2, 0) is 9.47 Å². The summed E-state index contributed by atoms with van der Waals surface area (Å²) in [6.07, 6.45) is 4.09. The first kappa shape index (κ1) is 7.34. The molecule has 0 saturated heterocycles. The fourth-order valence-corrected chi connectivity index (χ4v) is 0.281. The highest BCUT2D eigenvalue weighted by atomic mass is 16.5. The van der Waals surface area contributed by atoms with Crippen molar-refractivity contribution >= 4 is 0 Å². The van der Waals surface area contributed by atoms with E-state index in [0.29, 0.717) is 0 Å². The Labute approximate surface area is 50.1 Å². The molecule has 48 valence electrons. The van der Waals surface area contributed by atoms with Crippen LogP contribution in [0.1, 0.15) is 13.3 Å². The van der Waals surface area contributed by atoms with Gasteiger partial charge in [-0.3, -0.25) is 0 Å². The smallest absolute Gasteiger partial charge is 0.117 e. The predicted octanol–water partition coefficient (Wildman–Crippen LogP) is 1.53. The van der Waals surface area contributed by atoms with Crippen molar-refractivity contribution in [3.05, 3.63) is 12.5 Å². The molecule has 0 saturated carbocycles. The van der Waals surface area contributed by atoms with Gasteiger partial charge in [0, 0.05) is 0 Å². The Balaban J connectivity index is 2.80. The Morgan fingerprint density at radius 1 is 1.38 bits per heavy atom. The van der Waals surface area contributed by atoms with Crippen LogP contribution in [-0.4, -0.2) is 13.7 Å². The fraction of sp³-hybridized carbons (Fsp3) is 0.667. The number of methoxy groups -OCH3 is 1. The van der Waals surface area contributed by atoms with Crippen LogP contribution in [0.25, 0.3) is 0 Å². The minimum atomic E-state index is 0.764. The van der Waals surface area contributed by atoms with E-state index in [4.69, 9.17) is 4.74 Å². The third kappa shape index (κ3) is 5.34. The van der Waals surface area contributed by atoms with E-state index in [9.17, 15) is 0 Å². The van der Waals surface area contributed by atoms with Crippen LogP contribution in [0.2, 0.25) is 0 Å². The summed E-state index contributed by atoms with van der Waals surface area (Å²) in [5, 5.41) is 0. The van der Waals surface area contributed by atoms with Crippen LogP contribution >= 0.6 is 0 Å². The molecule has 2 heteroatoms. The monoisotopic (exact) mass is 116 g/mol. The summed E-state index contributed by atoms with van der Waals surface area (Å²) in [5.74, 6) is 0. The van der Waals surface area contributed by atoms with E-state index in [1.807, 2.05) is 0 Å². The first-order chi connectivity index (χ1) is 3.91. The molecule has 0 aliphatic carbocycles. The third-order valence-corrected chi connectivity index (χ3v) is 0.610. The maximum Gasteiger partial charge on any atom is 0.117 e. The van der Waals surface area contributed by atoms with Gasteiger partial charge < -0.3 is 9.47 Å². The average Bonchev–Trinajstić information content (AvgIpc) is 1.81. The van der Waals surface area contributed by atoms with Gasteiger partial charge in [0.25, 0.3) is 0 Å². The molecule has 0 bridgehead atoms. The molecule has 0 amide bonds. The molecule has 0 rings (SSSR count). The number of hydrogen-bond donors (Lipinski definition) is 0. The molecule has 0 fully saturated rings. The summed E-state index contributed by atoms with van der Waals surface area (Å²) in [6, 6.07) is 0. The largest absolute Gasteiger partial charge is 0.501 e. The van der Waals surface area contributed by atoms with Gasteiger partial charge >= 0.3 is 0 Å². The lowest BCUT2D eigenvalue weighted by atomic mass is 10.5. The highest BCUT2D eigenvalue weighted by molar-refractivity contribution is 4.58. The standard InChI is InChI=1S/C6H12O2/c1-3-4-8-6-5-7-2/h5-6H,3-4H2,1-2H3/b6-5+. The van der Waals surface area contributed by atoms with E-state index in [0.717, 1.165) is 13.0 Å². The van der Waals surface area contributed by atoms with E-state index >= 15 is 0 Å². The van der Waals surface area contributed by atoms with Crippen LogP contribution in [0, 0.1) is 0 Å². The molecule has 0 radical (unpaired) electrons. The molecule has 0 aliphatic heterocycles. The van der Waals surface area contributed by atoms with Crippen LogP contribution in [0.4, 0.5) is 0 Å². The first-order valence-corrected chi connectivity index (χ1v) is 2.71. The zero-order valence-corrected chi connectivity index (χ0v) is 5.39. The SMILES string of the molecule is CCCO/C=C/OC. The molecule has 2 nitrogen and oxygen atoms in total. The van der Waals surface area contributed by atoms with Crippen molar-refractivity contribution in [3.63, 3.8) is 0 Å². The molecule has 0 aromatic rings. The molecular weight excluding hydrogens is 104 g/mol. The van der Waals surface area contributed by atoms with Gasteiger partial charge in [0.05, 0.1) is 13.7 Å². The first-order valence-electron chi connectivity index (χ1n) is 2.71. The Morgan fingerprint density at radius 2 is 2.12 bits per heavy atom. The summed E-state index contributed by atoms with van der Waals surface area (Å²) in [4.78, 5) is 0. The highest BCUT2D eigenvalue weighted by Crippen LogP contribution is 1.80. The minimum Gasteiger partial charge on any atom is -0.501 e. The fourth-order valence-electron chi connectivity index (χ4n) is 0.281. The van der Waals surface area contributed by atoms with Crippen molar-refractivity contribution in [2.24, 2.45) is 0 Å². The molecule has 8 heavy (non-hydrogen) atoms. The van der Waals surface area contributed by atoms with Gasteiger partial charge in [0.2, 0.25) is 0 Å². The Bertz CT molecular complexity index is 59.5. The van der Waals surface area contributed by atoms with Crippen LogP contribution < -0.4 is 0 Å². The lowest BCUT2D eigenvalue weighted by Gasteiger charge is -1.93. The Hall–Kier alpha value is -0.660. The van der Waals surface area contributed by atoms with Crippen LogP contribution in [0.5, 0.6) is 0 Å². The molecular formula is C6H12O2. The molecule has 0 unspecified atom stereocenters. The molecule has 0 aromatic carbocycles. The molecule has 0 N–H and O–H groups in total. The second kappa shape index (κ2) is 6.34. The van der Waals surface area contributed by atoms with Crippen molar-refractivity contribution in [1.82, 2.24) is 0 Å². The summed E-state index contributed by atoms with van der Waals surface area (Å²) in [7, 11) is 1.59. The van der Waals surface area contributed by atoms with E-state index in [2.05, 4.69) is 11.7 Å². The van der Waals surface area contributed by atoms with Crippen molar-refractivity contribution in [3.8, 4) is 0 Å². The molecule has 0 aromatic heterocycles. The second-order valence-corrected chi connectivity index (χ2v) is 1.38. The van der Waals surface area contributed by atoms with Crippen LogP contribution in [0.15, 0.2) is 12.5 Å². The third-order valence-electron chi connectivity index (χ3n) is 0.610. The van der Waals surface area contributed by atoms with E-state index in [1.54, 1.807) is 13.4 Å². The zero-order chi connectivity index (χ0) is 6.24. The molecule has 0 heterocycles. The van der Waals surface area contributed by atoms with Gasteiger partial charge in [-0.25, -0.2) is 0 Å².